The molecule has 2 N–H and O–H groups in total. The molecule has 122 valence electrons. The number of nitrogens with zero attached hydrogens (tertiary/aromatic N) is 3. The van der Waals surface area contributed by atoms with Crippen LogP contribution in [0, 0.1) is 0 Å². The second-order valence-electron chi connectivity index (χ2n) is 6.12. The largest absolute Gasteiger partial charge is 0.370 e. The summed E-state index contributed by atoms with van der Waals surface area (Å²) in [5, 5.41) is 0. The van der Waals surface area contributed by atoms with E-state index < -0.39 is 10.0 Å². The van der Waals surface area contributed by atoms with Crippen molar-refractivity contribution in [2.24, 2.45) is 10.7 Å². The van der Waals surface area contributed by atoms with E-state index in [1.54, 1.807) is 4.31 Å². The molecule has 0 aliphatic carbocycles. The minimum absolute atomic E-state index is 0.0284. The molecule has 0 amide bonds. The van der Waals surface area contributed by atoms with Gasteiger partial charge in [-0.25, -0.2) is 8.42 Å². The predicted octanol–water partition coefficient (Wildman–Crippen LogP) is 0.991. The van der Waals surface area contributed by atoms with Crippen LogP contribution in [0.5, 0.6) is 0 Å². The number of rotatable bonds is 3. The van der Waals surface area contributed by atoms with Crippen molar-refractivity contribution >= 4 is 16.0 Å². The maximum absolute atomic E-state index is 11.8. The fraction of sp³-hybridized carbons (Fsp3) is 0.929. The first-order chi connectivity index (χ1) is 9.98. The Balaban J connectivity index is 1.96. The molecule has 0 aromatic carbocycles. The van der Waals surface area contributed by atoms with Crippen LogP contribution in [0.25, 0.3) is 0 Å². The van der Waals surface area contributed by atoms with E-state index in [4.69, 9.17) is 5.73 Å². The van der Waals surface area contributed by atoms with Crippen molar-refractivity contribution in [2.45, 2.75) is 51.0 Å². The highest BCUT2D eigenvalue weighted by molar-refractivity contribution is 7.88. The maximum Gasteiger partial charge on any atom is 0.211 e. The first-order valence-corrected chi connectivity index (χ1v) is 9.85. The lowest BCUT2D eigenvalue weighted by molar-refractivity contribution is 0.259. The lowest BCUT2D eigenvalue weighted by atomic mass is 10.1. The molecule has 0 aromatic rings. The molecule has 21 heavy (non-hydrogen) atoms. The number of sulfonamides is 1. The summed E-state index contributed by atoms with van der Waals surface area (Å²) in [4.78, 5) is 6.63. The van der Waals surface area contributed by atoms with E-state index >= 15 is 0 Å². The fourth-order valence-corrected chi connectivity index (χ4v) is 4.37. The molecule has 2 aliphatic rings. The van der Waals surface area contributed by atoms with Gasteiger partial charge in [-0.15, -0.1) is 0 Å². The van der Waals surface area contributed by atoms with Crippen LogP contribution in [-0.4, -0.2) is 62.1 Å². The third kappa shape index (κ3) is 4.85. The molecule has 2 aliphatic heterocycles. The lowest BCUT2D eigenvalue weighted by Crippen LogP contribution is -2.45. The SMILES string of the molecule is CS(=O)(=O)N1CCCCC1CN=C(N)N1CCCCCC1. The van der Waals surface area contributed by atoms with E-state index in [-0.39, 0.29) is 6.04 Å². The molecule has 2 heterocycles. The van der Waals surface area contributed by atoms with Crippen molar-refractivity contribution in [3.8, 4) is 0 Å². The zero-order chi connectivity index (χ0) is 15.3. The summed E-state index contributed by atoms with van der Waals surface area (Å²) in [5.41, 5.74) is 6.10. The van der Waals surface area contributed by atoms with E-state index in [2.05, 4.69) is 9.89 Å². The number of guanidine groups is 1. The van der Waals surface area contributed by atoms with Crippen LogP contribution in [0.3, 0.4) is 0 Å². The summed E-state index contributed by atoms with van der Waals surface area (Å²) in [6.45, 7) is 3.03. The van der Waals surface area contributed by atoms with Gasteiger partial charge in [0.25, 0.3) is 0 Å². The number of aliphatic imine (C=N–C) groups is 1. The fourth-order valence-electron chi connectivity index (χ4n) is 3.19. The van der Waals surface area contributed by atoms with Crippen molar-refractivity contribution in [1.82, 2.24) is 9.21 Å². The Morgan fingerprint density at radius 1 is 1.10 bits per heavy atom. The minimum atomic E-state index is -3.14. The normalized spacial score (nSPS) is 26.6. The van der Waals surface area contributed by atoms with Crippen LogP contribution in [0.1, 0.15) is 44.9 Å². The Morgan fingerprint density at radius 3 is 2.33 bits per heavy atom. The molecule has 2 rings (SSSR count). The van der Waals surface area contributed by atoms with Gasteiger partial charge in [0.2, 0.25) is 10.0 Å². The zero-order valence-corrected chi connectivity index (χ0v) is 13.8. The second-order valence-corrected chi connectivity index (χ2v) is 8.06. The molecule has 1 unspecified atom stereocenters. The van der Waals surface area contributed by atoms with Crippen LogP contribution in [0.15, 0.2) is 4.99 Å². The first-order valence-electron chi connectivity index (χ1n) is 8.00. The van der Waals surface area contributed by atoms with Gasteiger partial charge in [0.05, 0.1) is 12.8 Å². The molecule has 7 heteroatoms. The minimum Gasteiger partial charge on any atom is -0.370 e. The Morgan fingerprint density at radius 2 is 1.71 bits per heavy atom. The van der Waals surface area contributed by atoms with Crippen molar-refractivity contribution in [1.29, 1.82) is 0 Å². The molecule has 0 saturated carbocycles. The summed E-state index contributed by atoms with van der Waals surface area (Å²) in [6.07, 6.45) is 9.01. The molecule has 6 nitrogen and oxygen atoms in total. The molecule has 1 atom stereocenters. The number of likely N-dealkylation sites (tertiary alicyclic amines) is 1. The second kappa shape index (κ2) is 7.45. The summed E-state index contributed by atoms with van der Waals surface area (Å²) >= 11 is 0. The highest BCUT2D eigenvalue weighted by Crippen LogP contribution is 2.20. The van der Waals surface area contributed by atoms with Gasteiger partial charge in [-0.3, -0.25) is 4.99 Å². The van der Waals surface area contributed by atoms with Crippen LogP contribution < -0.4 is 5.73 Å². The van der Waals surface area contributed by atoms with E-state index in [1.165, 1.54) is 19.1 Å². The van der Waals surface area contributed by atoms with E-state index in [1.807, 2.05) is 0 Å². The Hall–Kier alpha value is -0.820. The number of piperidine rings is 1. The topological polar surface area (TPSA) is 79.0 Å². The Labute approximate surface area is 128 Å². The standard InChI is InChI=1S/C14H28N4O2S/c1-21(19,20)18-11-7-4-8-13(18)12-16-14(15)17-9-5-2-3-6-10-17/h13H,2-12H2,1H3,(H2,15,16). The number of hydrogen-bond acceptors (Lipinski definition) is 3. The molecule has 0 bridgehead atoms. The molecule has 0 spiro atoms. The smallest absolute Gasteiger partial charge is 0.211 e. The van der Waals surface area contributed by atoms with Crippen LogP contribution >= 0.6 is 0 Å². The van der Waals surface area contributed by atoms with Crippen LogP contribution in [0.2, 0.25) is 0 Å². The van der Waals surface area contributed by atoms with Crippen LogP contribution in [-0.2, 0) is 10.0 Å². The molecule has 2 fully saturated rings. The van der Waals surface area contributed by atoms with Crippen molar-refractivity contribution in [2.75, 3.05) is 32.4 Å². The highest BCUT2D eigenvalue weighted by atomic mass is 32.2. The van der Waals surface area contributed by atoms with Gasteiger partial charge in [-0.05, 0) is 25.7 Å². The van der Waals surface area contributed by atoms with Gasteiger partial charge in [0.1, 0.15) is 0 Å². The number of nitrogens with two attached hydrogens (primary N) is 1. The van der Waals surface area contributed by atoms with Gasteiger partial charge >= 0.3 is 0 Å². The molecule has 0 radical (unpaired) electrons. The maximum atomic E-state index is 11.8. The summed E-state index contributed by atoms with van der Waals surface area (Å²) < 4.78 is 25.2. The Bertz CT molecular complexity index is 456. The quantitative estimate of drug-likeness (QED) is 0.622. The van der Waals surface area contributed by atoms with Gasteiger partial charge in [-0.1, -0.05) is 19.3 Å². The van der Waals surface area contributed by atoms with Crippen molar-refractivity contribution < 1.29 is 8.42 Å². The summed E-state index contributed by atoms with van der Waals surface area (Å²) in [6, 6.07) is -0.0284. The summed E-state index contributed by atoms with van der Waals surface area (Å²) in [7, 11) is -3.14. The average molecular weight is 316 g/mol. The molecular weight excluding hydrogens is 288 g/mol. The van der Waals surface area contributed by atoms with E-state index in [9.17, 15) is 8.42 Å². The lowest BCUT2D eigenvalue weighted by Gasteiger charge is -2.33. The van der Waals surface area contributed by atoms with E-state index in [0.29, 0.717) is 19.0 Å². The molecule has 0 aromatic heterocycles. The van der Waals surface area contributed by atoms with Crippen LogP contribution in [0.4, 0.5) is 0 Å². The van der Waals surface area contributed by atoms with Gasteiger partial charge in [0.15, 0.2) is 5.96 Å². The first kappa shape index (κ1) is 16.5. The number of hydrogen-bond donors (Lipinski definition) is 1. The third-order valence-electron chi connectivity index (χ3n) is 4.39. The van der Waals surface area contributed by atoms with Crippen molar-refractivity contribution in [3.05, 3.63) is 0 Å². The molecule has 2 saturated heterocycles. The summed E-state index contributed by atoms with van der Waals surface area (Å²) in [5.74, 6) is 0.580. The van der Waals surface area contributed by atoms with Gasteiger partial charge < -0.3 is 10.6 Å². The average Bonchev–Trinajstić information content (AvgIpc) is 2.73. The van der Waals surface area contributed by atoms with Crippen molar-refractivity contribution in [3.63, 3.8) is 0 Å². The van der Waals surface area contributed by atoms with Gasteiger partial charge in [-0.2, -0.15) is 4.31 Å². The predicted molar refractivity (Wildman–Crippen MR) is 85.7 cm³/mol. The third-order valence-corrected chi connectivity index (χ3v) is 5.73. The monoisotopic (exact) mass is 316 g/mol. The van der Waals surface area contributed by atoms with Gasteiger partial charge in [0, 0.05) is 25.7 Å². The highest BCUT2D eigenvalue weighted by Gasteiger charge is 2.29. The Kier molecular flexibility index (Phi) is 5.87. The molecular formula is C14H28N4O2S. The zero-order valence-electron chi connectivity index (χ0n) is 13.0. The van der Waals surface area contributed by atoms with E-state index in [0.717, 1.165) is 45.2 Å².